The number of hydrogen-bond donors (Lipinski definition) is 0. The predicted octanol–water partition coefficient (Wildman–Crippen LogP) is 3.73. The van der Waals surface area contributed by atoms with Crippen LogP contribution in [0.15, 0.2) is 18.2 Å². The Labute approximate surface area is 79.8 Å². The van der Waals surface area contributed by atoms with Gasteiger partial charge in [-0.05, 0) is 42.5 Å². The standard InChI is InChI=1S/C12H17F/c1-3-5-6-11-7-8-12(13)9-10(11)4-2/h7-9H,3-6H2,1-2H3. The summed E-state index contributed by atoms with van der Waals surface area (Å²) in [5.74, 6) is -0.114. The van der Waals surface area contributed by atoms with E-state index in [0.29, 0.717) is 0 Å². The van der Waals surface area contributed by atoms with Gasteiger partial charge in [0.15, 0.2) is 0 Å². The molecule has 1 aromatic carbocycles. The molecule has 0 amide bonds. The van der Waals surface area contributed by atoms with Crippen molar-refractivity contribution in [2.24, 2.45) is 0 Å². The molecule has 0 saturated carbocycles. The molecule has 0 unspecified atom stereocenters. The van der Waals surface area contributed by atoms with Crippen LogP contribution < -0.4 is 0 Å². The Morgan fingerprint density at radius 2 is 1.92 bits per heavy atom. The van der Waals surface area contributed by atoms with Gasteiger partial charge in [0, 0.05) is 0 Å². The van der Waals surface area contributed by atoms with E-state index in [-0.39, 0.29) is 5.82 Å². The molecule has 0 aliphatic rings. The summed E-state index contributed by atoms with van der Waals surface area (Å²) in [7, 11) is 0. The van der Waals surface area contributed by atoms with Crippen LogP contribution in [0.1, 0.15) is 37.8 Å². The maximum Gasteiger partial charge on any atom is 0.123 e. The van der Waals surface area contributed by atoms with Gasteiger partial charge in [-0.1, -0.05) is 26.3 Å². The summed E-state index contributed by atoms with van der Waals surface area (Å²) in [6.45, 7) is 4.25. The maximum absolute atomic E-state index is 12.9. The molecule has 1 rings (SSSR count). The first-order chi connectivity index (χ1) is 6.27. The minimum atomic E-state index is -0.114. The van der Waals surface area contributed by atoms with Gasteiger partial charge in [-0.15, -0.1) is 0 Å². The molecule has 0 spiro atoms. The quantitative estimate of drug-likeness (QED) is 0.662. The van der Waals surface area contributed by atoms with E-state index in [0.717, 1.165) is 18.4 Å². The van der Waals surface area contributed by atoms with E-state index < -0.39 is 0 Å². The lowest BCUT2D eigenvalue weighted by Crippen LogP contribution is -1.93. The Hall–Kier alpha value is -0.850. The van der Waals surface area contributed by atoms with Crippen molar-refractivity contribution in [3.8, 4) is 0 Å². The minimum absolute atomic E-state index is 0.114. The van der Waals surface area contributed by atoms with Crippen molar-refractivity contribution >= 4 is 0 Å². The summed E-state index contributed by atoms with van der Waals surface area (Å²) in [6, 6.07) is 5.14. The van der Waals surface area contributed by atoms with Gasteiger partial charge in [-0.3, -0.25) is 0 Å². The molecular weight excluding hydrogens is 163 g/mol. The fraction of sp³-hybridized carbons (Fsp3) is 0.500. The molecule has 0 fully saturated rings. The summed E-state index contributed by atoms with van der Waals surface area (Å²) in [5, 5.41) is 0. The molecule has 0 heterocycles. The topological polar surface area (TPSA) is 0 Å². The van der Waals surface area contributed by atoms with Crippen molar-refractivity contribution in [2.75, 3.05) is 0 Å². The largest absolute Gasteiger partial charge is 0.207 e. The summed E-state index contributed by atoms with van der Waals surface area (Å²) in [6.07, 6.45) is 4.40. The lowest BCUT2D eigenvalue weighted by Gasteiger charge is -2.06. The van der Waals surface area contributed by atoms with Gasteiger partial charge in [-0.25, -0.2) is 4.39 Å². The number of hydrogen-bond acceptors (Lipinski definition) is 0. The number of benzene rings is 1. The lowest BCUT2D eigenvalue weighted by molar-refractivity contribution is 0.623. The Morgan fingerprint density at radius 3 is 2.54 bits per heavy atom. The van der Waals surface area contributed by atoms with Crippen LogP contribution in [0.2, 0.25) is 0 Å². The first-order valence-electron chi connectivity index (χ1n) is 5.05. The summed E-state index contributed by atoms with van der Waals surface area (Å²) in [5.41, 5.74) is 2.47. The van der Waals surface area contributed by atoms with Gasteiger partial charge in [0.25, 0.3) is 0 Å². The van der Waals surface area contributed by atoms with Crippen molar-refractivity contribution in [1.29, 1.82) is 0 Å². The van der Waals surface area contributed by atoms with Gasteiger partial charge < -0.3 is 0 Å². The number of rotatable bonds is 4. The van der Waals surface area contributed by atoms with Gasteiger partial charge >= 0.3 is 0 Å². The molecule has 0 aromatic heterocycles. The van der Waals surface area contributed by atoms with Crippen molar-refractivity contribution in [2.45, 2.75) is 39.5 Å². The summed E-state index contributed by atoms with van der Waals surface area (Å²) in [4.78, 5) is 0. The van der Waals surface area contributed by atoms with Crippen LogP contribution in [0, 0.1) is 5.82 Å². The second kappa shape index (κ2) is 5.00. The summed E-state index contributed by atoms with van der Waals surface area (Å²) >= 11 is 0. The highest BCUT2D eigenvalue weighted by atomic mass is 19.1. The van der Waals surface area contributed by atoms with Crippen LogP contribution in [0.5, 0.6) is 0 Å². The first kappa shape index (κ1) is 10.2. The van der Waals surface area contributed by atoms with Crippen molar-refractivity contribution < 1.29 is 4.39 Å². The molecular formula is C12H17F. The van der Waals surface area contributed by atoms with Gasteiger partial charge in [0.05, 0.1) is 0 Å². The van der Waals surface area contributed by atoms with Crippen LogP contribution in [0.25, 0.3) is 0 Å². The zero-order valence-corrected chi connectivity index (χ0v) is 8.44. The fourth-order valence-electron chi connectivity index (χ4n) is 1.53. The highest BCUT2D eigenvalue weighted by molar-refractivity contribution is 5.27. The molecule has 13 heavy (non-hydrogen) atoms. The molecule has 0 atom stereocenters. The van der Waals surface area contributed by atoms with Crippen LogP contribution in [-0.2, 0) is 12.8 Å². The number of unbranched alkanes of at least 4 members (excludes halogenated alkanes) is 1. The fourth-order valence-corrected chi connectivity index (χ4v) is 1.53. The Morgan fingerprint density at radius 1 is 1.15 bits per heavy atom. The molecule has 0 radical (unpaired) electrons. The van der Waals surface area contributed by atoms with Crippen molar-refractivity contribution in [1.82, 2.24) is 0 Å². The average Bonchev–Trinajstić information content (AvgIpc) is 2.16. The van der Waals surface area contributed by atoms with Crippen LogP contribution in [0.3, 0.4) is 0 Å². The van der Waals surface area contributed by atoms with Gasteiger partial charge in [0.2, 0.25) is 0 Å². The third-order valence-electron chi connectivity index (χ3n) is 2.35. The molecule has 1 aromatic rings. The molecule has 0 bridgehead atoms. The van der Waals surface area contributed by atoms with E-state index >= 15 is 0 Å². The molecule has 0 N–H and O–H groups in total. The van der Waals surface area contributed by atoms with E-state index in [1.54, 1.807) is 12.1 Å². The van der Waals surface area contributed by atoms with Crippen molar-refractivity contribution in [3.63, 3.8) is 0 Å². The zero-order valence-electron chi connectivity index (χ0n) is 8.44. The molecule has 72 valence electrons. The predicted molar refractivity (Wildman–Crippen MR) is 54.4 cm³/mol. The van der Waals surface area contributed by atoms with Crippen LogP contribution >= 0.6 is 0 Å². The van der Waals surface area contributed by atoms with E-state index in [1.807, 2.05) is 6.07 Å². The maximum atomic E-state index is 12.9. The Kier molecular flexibility index (Phi) is 3.94. The Bertz CT molecular complexity index is 266. The highest BCUT2D eigenvalue weighted by Gasteiger charge is 2.01. The van der Waals surface area contributed by atoms with Gasteiger partial charge in [0.1, 0.15) is 5.82 Å². The molecule has 0 aliphatic heterocycles. The SMILES string of the molecule is CCCCc1ccc(F)cc1CC. The summed E-state index contributed by atoms with van der Waals surface area (Å²) < 4.78 is 12.9. The highest BCUT2D eigenvalue weighted by Crippen LogP contribution is 2.14. The third kappa shape index (κ3) is 2.83. The second-order valence-corrected chi connectivity index (χ2v) is 3.37. The van der Waals surface area contributed by atoms with E-state index in [1.165, 1.54) is 18.4 Å². The van der Waals surface area contributed by atoms with E-state index in [9.17, 15) is 4.39 Å². The van der Waals surface area contributed by atoms with Gasteiger partial charge in [-0.2, -0.15) is 0 Å². The van der Waals surface area contributed by atoms with E-state index in [4.69, 9.17) is 0 Å². The lowest BCUT2D eigenvalue weighted by atomic mass is 10.0. The first-order valence-corrected chi connectivity index (χ1v) is 5.05. The number of halogens is 1. The van der Waals surface area contributed by atoms with E-state index in [2.05, 4.69) is 13.8 Å². The third-order valence-corrected chi connectivity index (χ3v) is 2.35. The second-order valence-electron chi connectivity index (χ2n) is 3.37. The van der Waals surface area contributed by atoms with Crippen molar-refractivity contribution in [3.05, 3.63) is 35.1 Å². The molecule has 1 heteroatoms. The Balaban J connectivity index is 2.79. The molecule has 0 nitrogen and oxygen atoms in total. The van der Waals surface area contributed by atoms with Crippen LogP contribution in [-0.4, -0.2) is 0 Å². The number of aryl methyl sites for hydroxylation is 2. The molecule has 0 aliphatic carbocycles. The minimum Gasteiger partial charge on any atom is -0.207 e. The molecule has 0 saturated heterocycles. The smallest absolute Gasteiger partial charge is 0.123 e. The van der Waals surface area contributed by atoms with Crippen LogP contribution in [0.4, 0.5) is 4.39 Å². The average molecular weight is 180 g/mol. The normalized spacial score (nSPS) is 10.4. The zero-order chi connectivity index (χ0) is 9.68. The monoisotopic (exact) mass is 180 g/mol.